The molecular weight excluding hydrogens is 426 g/mol. The molecular formula is C24H25N3O6. The number of rotatable bonds is 8. The van der Waals surface area contributed by atoms with Gasteiger partial charge in [0.1, 0.15) is 0 Å². The molecule has 33 heavy (non-hydrogen) atoms. The van der Waals surface area contributed by atoms with Gasteiger partial charge in [-0.1, -0.05) is 6.92 Å². The van der Waals surface area contributed by atoms with E-state index in [2.05, 4.69) is 5.10 Å². The van der Waals surface area contributed by atoms with Crippen molar-refractivity contribution in [2.45, 2.75) is 33.7 Å². The molecule has 0 amide bonds. The van der Waals surface area contributed by atoms with Crippen molar-refractivity contribution in [2.24, 2.45) is 0 Å². The Kier molecular flexibility index (Phi) is 7.22. The average Bonchev–Trinajstić information content (AvgIpc) is 3.12. The predicted octanol–water partition coefficient (Wildman–Crippen LogP) is 2.89. The molecule has 2 aromatic heterocycles. The molecule has 172 valence electrons. The lowest BCUT2D eigenvalue weighted by Crippen LogP contribution is -2.25. The monoisotopic (exact) mass is 451 g/mol. The van der Waals surface area contributed by atoms with E-state index in [4.69, 9.17) is 9.47 Å². The normalized spacial score (nSPS) is 10.7. The van der Waals surface area contributed by atoms with E-state index in [0.29, 0.717) is 29.8 Å². The summed E-state index contributed by atoms with van der Waals surface area (Å²) in [6, 6.07) is 11.1. The molecule has 0 bridgehead atoms. The number of benzene rings is 1. The molecule has 0 fully saturated rings. The second-order valence-corrected chi connectivity index (χ2v) is 7.44. The lowest BCUT2D eigenvalue weighted by atomic mass is 10.1. The van der Waals surface area contributed by atoms with Crippen LogP contribution in [0.1, 0.15) is 55.9 Å². The van der Waals surface area contributed by atoms with Crippen LogP contribution in [0.2, 0.25) is 0 Å². The van der Waals surface area contributed by atoms with E-state index in [1.54, 1.807) is 37.3 Å². The lowest BCUT2D eigenvalue weighted by molar-refractivity contribution is 0.0465. The Labute approximate surface area is 190 Å². The van der Waals surface area contributed by atoms with Gasteiger partial charge in [-0.3, -0.25) is 9.59 Å². The largest absolute Gasteiger partial charge is 0.465 e. The van der Waals surface area contributed by atoms with Crippen LogP contribution in [0.3, 0.4) is 0 Å². The molecule has 0 saturated heterocycles. The molecule has 9 nitrogen and oxygen atoms in total. The van der Waals surface area contributed by atoms with Crippen LogP contribution in [0, 0.1) is 13.8 Å². The highest BCUT2D eigenvalue weighted by atomic mass is 16.5. The second kappa shape index (κ2) is 10.1. The number of Topliss-reactive ketones (excluding diaryl/α,β-unsaturated/α-hetero) is 1. The number of carbonyl (C=O) groups excluding carboxylic acids is 3. The maximum atomic E-state index is 12.8. The van der Waals surface area contributed by atoms with Gasteiger partial charge in [0.15, 0.2) is 12.3 Å². The Morgan fingerprint density at radius 2 is 1.70 bits per heavy atom. The zero-order valence-electron chi connectivity index (χ0n) is 19.0. The van der Waals surface area contributed by atoms with E-state index in [9.17, 15) is 19.2 Å². The van der Waals surface area contributed by atoms with E-state index < -0.39 is 18.5 Å². The number of ether oxygens (including phenoxy) is 2. The molecule has 0 radical (unpaired) electrons. The molecule has 0 atom stereocenters. The van der Waals surface area contributed by atoms with Crippen molar-refractivity contribution in [1.82, 2.24) is 14.3 Å². The van der Waals surface area contributed by atoms with Crippen molar-refractivity contribution in [3.63, 3.8) is 0 Å². The Balaban J connectivity index is 1.75. The highest BCUT2D eigenvalue weighted by Crippen LogP contribution is 2.22. The molecule has 0 aliphatic rings. The summed E-state index contributed by atoms with van der Waals surface area (Å²) in [7, 11) is 1.32. The number of hydrogen-bond acceptors (Lipinski definition) is 7. The maximum absolute atomic E-state index is 12.8. The summed E-state index contributed by atoms with van der Waals surface area (Å²) in [6.07, 6.45) is 0.685. The fourth-order valence-electron chi connectivity index (χ4n) is 3.52. The highest BCUT2D eigenvalue weighted by Gasteiger charge is 2.20. The molecule has 3 rings (SSSR count). The molecule has 0 unspecified atom stereocenters. The summed E-state index contributed by atoms with van der Waals surface area (Å²) < 4.78 is 12.9. The molecule has 3 aromatic rings. The van der Waals surface area contributed by atoms with Crippen LogP contribution in [0.4, 0.5) is 0 Å². The van der Waals surface area contributed by atoms with Crippen LogP contribution in [0.5, 0.6) is 0 Å². The minimum Gasteiger partial charge on any atom is -0.465 e. The van der Waals surface area contributed by atoms with E-state index in [1.807, 2.05) is 18.4 Å². The van der Waals surface area contributed by atoms with Crippen molar-refractivity contribution in [1.29, 1.82) is 0 Å². The first kappa shape index (κ1) is 23.6. The van der Waals surface area contributed by atoms with Gasteiger partial charge in [0.05, 0.1) is 12.7 Å². The third-order valence-electron chi connectivity index (χ3n) is 5.12. The smallest absolute Gasteiger partial charge is 0.359 e. The van der Waals surface area contributed by atoms with Crippen molar-refractivity contribution >= 4 is 17.7 Å². The van der Waals surface area contributed by atoms with Gasteiger partial charge in [-0.15, -0.1) is 0 Å². The first-order chi connectivity index (χ1) is 15.8. The van der Waals surface area contributed by atoms with Crippen LogP contribution in [-0.4, -0.2) is 45.8 Å². The van der Waals surface area contributed by atoms with Crippen LogP contribution < -0.4 is 5.56 Å². The molecule has 2 heterocycles. The quantitative estimate of drug-likeness (QED) is 0.383. The number of methoxy groups -OCH3 is 1. The number of nitrogens with zero attached hydrogens (tertiary/aromatic N) is 3. The summed E-state index contributed by atoms with van der Waals surface area (Å²) in [5.41, 5.74) is 2.75. The number of carbonyl (C=O) groups is 3. The molecule has 1 aromatic carbocycles. The predicted molar refractivity (Wildman–Crippen MR) is 120 cm³/mol. The van der Waals surface area contributed by atoms with Crippen LogP contribution in [-0.2, 0) is 16.0 Å². The Bertz CT molecular complexity index is 1250. The van der Waals surface area contributed by atoms with Gasteiger partial charge in [-0.05, 0) is 56.7 Å². The van der Waals surface area contributed by atoms with Crippen molar-refractivity contribution in [2.75, 3.05) is 13.7 Å². The van der Waals surface area contributed by atoms with Gasteiger partial charge >= 0.3 is 11.9 Å². The zero-order valence-corrected chi connectivity index (χ0v) is 19.0. The fourth-order valence-corrected chi connectivity index (χ4v) is 3.52. The standard InChI is InChI=1S/C24H25N3O6/c1-5-12-26-22(29)11-10-20(25-26)24(31)33-14-21(28)19-13-15(2)27(16(19)3)18-8-6-17(7-9-18)23(30)32-4/h6-11,13H,5,12,14H2,1-4H3. The van der Waals surface area contributed by atoms with Gasteiger partial charge < -0.3 is 14.0 Å². The first-order valence-electron chi connectivity index (χ1n) is 10.4. The zero-order chi connectivity index (χ0) is 24.1. The number of esters is 2. The van der Waals surface area contributed by atoms with Crippen LogP contribution in [0.15, 0.2) is 47.3 Å². The second-order valence-electron chi connectivity index (χ2n) is 7.44. The summed E-state index contributed by atoms with van der Waals surface area (Å²) in [6.45, 7) is 5.45. The van der Waals surface area contributed by atoms with Gasteiger partial charge in [0.25, 0.3) is 5.56 Å². The minimum atomic E-state index is -0.777. The lowest BCUT2D eigenvalue weighted by Gasteiger charge is -2.11. The topological polar surface area (TPSA) is 109 Å². The maximum Gasteiger partial charge on any atom is 0.359 e. The van der Waals surface area contributed by atoms with Crippen LogP contribution in [0.25, 0.3) is 5.69 Å². The highest BCUT2D eigenvalue weighted by molar-refractivity contribution is 6.00. The van der Waals surface area contributed by atoms with Gasteiger partial charge in [-0.2, -0.15) is 5.10 Å². The fraction of sp³-hybridized carbons (Fsp3) is 0.292. The molecule has 0 aliphatic carbocycles. The summed E-state index contributed by atoms with van der Waals surface area (Å²) in [5, 5.41) is 3.99. The Morgan fingerprint density at radius 1 is 1.00 bits per heavy atom. The SMILES string of the molecule is CCCn1nc(C(=O)OCC(=O)c2cc(C)n(-c3ccc(C(=O)OC)cc3)c2C)ccc1=O. The number of hydrogen-bond donors (Lipinski definition) is 0. The molecule has 0 N–H and O–H groups in total. The van der Waals surface area contributed by atoms with Crippen molar-refractivity contribution in [3.8, 4) is 5.69 Å². The van der Waals surface area contributed by atoms with Gasteiger partial charge in [-0.25, -0.2) is 14.3 Å². The van der Waals surface area contributed by atoms with Crippen LogP contribution >= 0.6 is 0 Å². The number of aryl methyl sites for hydroxylation is 2. The van der Waals surface area contributed by atoms with E-state index in [0.717, 1.165) is 11.4 Å². The molecule has 0 spiro atoms. The van der Waals surface area contributed by atoms with Crippen molar-refractivity contribution < 1.29 is 23.9 Å². The molecule has 0 saturated carbocycles. The minimum absolute atomic E-state index is 0.0352. The molecule has 9 heteroatoms. The van der Waals surface area contributed by atoms with Crippen molar-refractivity contribution in [3.05, 3.63) is 81.0 Å². The summed E-state index contributed by atoms with van der Waals surface area (Å²) in [4.78, 5) is 48.5. The van der Waals surface area contributed by atoms with E-state index >= 15 is 0 Å². The van der Waals surface area contributed by atoms with E-state index in [1.165, 1.54) is 23.9 Å². The van der Waals surface area contributed by atoms with Gasteiger partial charge in [0.2, 0.25) is 5.78 Å². The third kappa shape index (κ3) is 5.08. The molecule has 0 aliphatic heterocycles. The number of ketones is 1. The van der Waals surface area contributed by atoms with E-state index in [-0.39, 0.29) is 17.0 Å². The number of aromatic nitrogens is 3. The summed E-state index contributed by atoms with van der Waals surface area (Å²) in [5.74, 6) is -1.57. The average molecular weight is 451 g/mol. The summed E-state index contributed by atoms with van der Waals surface area (Å²) >= 11 is 0. The first-order valence-corrected chi connectivity index (χ1v) is 10.4. The van der Waals surface area contributed by atoms with Gasteiger partial charge in [0, 0.05) is 35.2 Å². The Hall–Kier alpha value is -4.01. The Morgan fingerprint density at radius 3 is 2.33 bits per heavy atom. The third-order valence-corrected chi connectivity index (χ3v) is 5.12.